The molecule has 2 aromatic carbocycles. The minimum atomic E-state index is -0.486. The molecule has 0 saturated carbocycles. The SMILES string of the molecule is N#CC1=C(N)OC2=C(C(=O)CC(c3ccccc3Cl)C2)C1c1ccccc1. The number of nitriles is 1. The van der Waals surface area contributed by atoms with E-state index >= 15 is 0 Å². The second kappa shape index (κ2) is 6.94. The Kier molecular flexibility index (Phi) is 4.47. The summed E-state index contributed by atoms with van der Waals surface area (Å²) in [5, 5.41) is 10.3. The van der Waals surface area contributed by atoms with Crippen molar-refractivity contribution in [3.05, 3.63) is 93.5 Å². The number of nitrogens with two attached hydrogens (primary N) is 1. The molecule has 27 heavy (non-hydrogen) atoms. The largest absolute Gasteiger partial charge is 0.444 e. The first-order valence-corrected chi connectivity index (χ1v) is 9.11. The Morgan fingerprint density at radius 3 is 2.48 bits per heavy atom. The summed E-state index contributed by atoms with van der Waals surface area (Å²) >= 11 is 6.33. The zero-order valence-corrected chi connectivity index (χ0v) is 15.2. The molecule has 0 radical (unpaired) electrons. The van der Waals surface area contributed by atoms with Gasteiger partial charge in [0.15, 0.2) is 5.78 Å². The average Bonchev–Trinajstić information content (AvgIpc) is 2.67. The van der Waals surface area contributed by atoms with Crippen LogP contribution in [-0.2, 0) is 9.53 Å². The number of hydrogen-bond acceptors (Lipinski definition) is 4. The van der Waals surface area contributed by atoms with Gasteiger partial charge in [0.25, 0.3) is 0 Å². The van der Waals surface area contributed by atoms with Crippen LogP contribution in [-0.4, -0.2) is 5.78 Å². The summed E-state index contributed by atoms with van der Waals surface area (Å²) in [4.78, 5) is 13.1. The summed E-state index contributed by atoms with van der Waals surface area (Å²) in [6.07, 6.45) is 0.849. The molecule has 1 aliphatic heterocycles. The number of ether oxygens (including phenoxy) is 1. The Hall–Kier alpha value is -3.03. The van der Waals surface area contributed by atoms with Crippen LogP contribution in [0.25, 0.3) is 0 Å². The number of carbonyl (C=O) groups excluding carboxylic acids is 1. The van der Waals surface area contributed by atoms with Crippen molar-refractivity contribution in [2.45, 2.75) is 24.7 Å². The summed E-state index contributed by atoms with van der Waals surface area (Å²) in [5.74, 6) is 0.0203. The highest BCUT2D eigenvalue weighted by molar-refractivity contribution is 6.31. The number of rotatable bonds is 2. The van der Waals surface area contributed by atoms with Gasteiger partial charge in [-0.2, -0.15) is 5.26 Å². The van der Waals surface area contributed by atoms with E-state index in [-0.39, 0.29) is 23.2 Å². The molecule has 2 aliphatic rings. The van der Waals surface area contributed by atoms with Crippen LogP contribution in [0.1, 0.15) is 35.8 Å². The molecule has 4 rings (SSSR count). The van der Waals surface area contributed by atoms with E-state index in [9.17, 15) is 10.1 Å². The summed E-state index contributed by atoms with van der Waals surface area (Å²) < 4.78 is 5.76. The van der Waals surface area contributed by atoms with Gasteiger partial charge in [0.2, 0.25) is 5.88 Å². The van der Waals surface area contributed by atoms with E-state index in [4.69, 9.17) is 22.1 Å². The molecule has 134 valence electrons. The number of Topliss-reactive ketones (excluding diaryl/α,β-unsaturated/α-hetero) is 1. The first kappa shape index (κ1) is 17.4. The molecule has 0 aromatic heterocycles. The third-order valence-corrected chi connectivity index (χ3v) is 5.48. The van der Waals surface area contributed by atoms with Crippen LogP contribution in [0.15, 0.2) is 77.4 Å². The van der Waals surface area contributed by atoms with Crippen LogP contribution in [0.4, 0.5) is 0 Å². The topological polar surface area (TPSA) is 76.1 Å². The first-order chi connectivity index (χ1) is 13.1. The number of allylic oxidation sites excluding steroid dienone is 3. The normalized spacial score (nSPS) is 22.1. The predicted octanol–water partition coefficient (Wildman–Crippen LogP) is 4.55. The van der Waals surface area contributed by atoms with Crippen LogP contribution >= 0.6 is 11.6 Å². The summed E-state index contributed by atoms with van der Waals surface area (Å²) in [7, 11) is 0. The lowest BCUT2D eigenvalue weighted by molar-refractivity contribution is -0.117. The molecule has 2 unspecified atom stereocenters. The minimum Gasteiger partial charge on any atom is -0.444 e. The Labute approximate surface area is 162 Å². The van der Waals surface area contributed by atoms with Gasteiger partial charge in [-0.25, -0.2) is 0 Å². The maximum atomic E-state index is 13.1. The highest BCUT2D eigenvalue weighted by Crippen LogP contribution is 2.47. The lowest BCUT2D eigenvalue weighted by atomic mass is 9.73. The molecule has 2 aromatic rings. The molecule has 5 heteroatoms. The van der Waals surface area contributed by atoms with E-state index in [0.717, 1.165) is 11.1 Å². The Morgan fingerprint density at radius 1 is 1.07 bits per heavy atom. The van der Waals surface area contributed by atoms with Gasteiger partial charge in [0.05, 0.1) is 5.92 Å². The van der Waals surface area contributed by atoms with Crippen molar-refractivity contribution in [3.8, 4) is 6.07 Å². The molecule has 0 fully saturated rings. The van der Waals surface area contributed by atoms with Gasteiger partial charge < -0.3 is 10.5 Å². The lowest BCUT2D eigenvalue weighted by Crippen LogP contribution is -2.29. The average molecular weight is 377 g/mol. The molecular weight excluding hydrogens is 360 g/mol. The van der Waals surface area contributed by atoms with Gasteiger partial charge >= 0.3 is 0 Å². The Bertz CT molecular complexity index is 1020. The molecule has 2 atom stereocenters. The van der Waals surface area contributed by atoms with Crippen molar-refractivity contribution in [2.24, 2.45) is 5.73 Å². The molecule has 0 bridgehead atoms. The molecule has 0 amide bonds. The lowest BCUT2D eigenvalue weighted by Gasteiger charge is -2.34. The summed E-state index contributed by atoms with van der Waals surface area (Å²) in [5.41, 5.74) is 8.65. The van der Waals surface area contributed by atoms with E-state index in [1.807, 2.05) is 54.6 Å². The maximum Gasteiger partial charge on any atom is 0.205 e. The van der Waals surface area contributed by atoms with Crippen LogP contribution in [0.3, 0.4) is 0 Å². The van der Waals surface area contributed by atoms with Gasteiger partial charge in [0.1, 0.15) is 17.4 Å². The van der Waals surface area contributed by atoms with Crippen molar-refractivity contribution in [2.75, 3.05) is 0 Å². The second-order valence-corrected chi connectivity index (χ2v) is 7.13. The van der Waals surface area contributed by atoms with E-state index < -0.39 is 5.92 Å². The molecule has 1 aliphatic carbocycles. The maximum absolute atomic E-state index is 13.1. The number of carbonyl (C=O) groups is 1. The van der Waals surface area contributed by atoms with E-state index in [1.165, 1.54) is 0 Å². The number of hydrogen-bond donors (Lipinski definition) is 1. The van der Waals surface area contributed by atoms with Gasteiger partial charge in [0, 0.05) is 23.4 Å². The highest BCUT2D eigenvalue weighted by atomic mass is 35.5. The monoisotopic (exact) mass is 376 g/mol. The third-order valence-electron chi connectivity index (χ3n) is 5.14. The fourth-order valence-electron chi connectivity index (χ4n) is 3.91. The van der Waals surface area contributed by atoms with E-state index in [0.29, 0.717) is 29.2 Å². The first-order valence-electron chi connectivity index (χ1n) is 8.73. The van der Waals surface area contributed by atoms with Crippen LogP contribution in [0.5, 0.6) is 0 Å². The number of ketones is 1. The molecule has 0 spiro atoms. The quantitative estimate of drug-likeness (QED) is 0.834. The molecular formula is C22H17ClN2O2. The number of benzene rings is 2. The summed E-state index contributed by atoms with van der Waals surface area (Å²) in [6, 6.07) is 19.1. The van der Waals surface area contributed by atoms with Gasteiger partial charge in [-0.3, -0.25) is 4.79 Å². The van der Waals surface area contributed by atoms with Crippen LogP contribution < -0.4 is 5.73 Å². The smallest absolute Gasteiger partial charge is 0.205 e. The van der Waals surface area contributed by atoms with Crippen LogP contribution in [0, 0.1) is 11.3 Å². The molecule has 1 heterocycles. The highest BCUT2D eigenvalue weighted by Gasteiger charge is 2.41. The van der Waals surface area contributed by atoms with Gasteiger partial charge in [-0.15, -0.1) is 0 Å². The molecule has 2 N–H and O–H groups in total. The van der Waals surface area contributed by atoms with Crippen molar-refractivity contribution < 1.29 is 9.53 Å². The van der Waals surface area contributed by atoms with Crippen molar-refractivity contribution in [1.82, 2.24) is 0 Å². The second-order valence-electron chi connectivity index (χ2n) is 6.72. The van der Waals surface area contributed by atoms with Crippen LogP contribution in [0.2, 0.25) is 5.02 Å². The summed E-state index contributed by atoms with van der Waals surface area (Å²) in [6.45, 7) is 0. The van der Waals surface area contributed by atoms with Crippen molar-refractivity contribution in [1.29, 1.82) is 5.26 Å². The zero-order valence-electron chi connectivity index (χ0n) is 14.5. The minimum absolute atomic E-state index is 0.0322. The number of nitrogens with zero attached hydrogens (tertiary/aromatic N) is 1. The predicted molar refractivity (Wildman–Crippen MR) is 103 cm³/mol. The third kappa shape index (κ3) is 3.01. The standard InChI is InChI=1S/C22H17ClN2O2/c23-17-9-5-4-8-15(17)14-10-18(26)21-19(11-14)27-22(25)16(12-24)20(21)13-6-2-1-3-7-13/h1-9,14,20H,10-11,25H2. The van der Waals surface area contributed by atoms with E-state index in [1.54, 1.807) is 0 Å². The number of halogens is 1. The Morgan fingerprint density at radius 2 is 1.78 bits per heavy atom. The Balaban J connectivity index is 1.80. The van der Waals surface area contributed by atoms with Crippen molar-refractivity contribution in [3.63, 3.8) is 0 Å². The van der Waals surface area contributed by atoms with E-state index in [2.05, 4.69) is 6.07 Å². The molecule has 4 nitrogen and oxygen atoms in total. The molecule has 0 saturated heterocycles. The fraction of sp³-hybridized carbons (Fsp3) is 0.182. The van der Waals surface area contributed by atoms with Gasteiger partial charge in [-0.1, -0.05) is 60.1 Å². The fourth-order valence-corrected chi connectivity index (χ4v) is 4.20. The zero-order chi connectivity index (χ0) is 19.0. The van der Waals surface area contributed by atoms with Gasteiger partial charge in [-0.05, 0) is 23.1 Å². The van der Waals surface area contributed by atoms with Crippen molar-refractivity contribution >= 4 is 17.4 Å².